The van der Waals surface area contributed by atoms with Crippen LogP contribution in [0.2, 0.25) is 0 Å². The van der Waals surface area contributed by atoms with E-state index in [4.69, 9.17) is 4.74 Å². The molecule has 2 fully saturated rings. The Balaban J connectivity index is 2.10. The molecular weight excluding hydrogens is 433 g/mol. The lowest BCUT2D eigenvalue weighted by molar-refractivity contribution is -0.126. The number of aliphatic hydroxyl groups is 1. The third-order valence-corrected chi connectivity index (χ3v) is 7.13. The molecule has 0 spiro atoms. The summed E-state index contributed by atoms with van der Waals surface area (Å²) in [6, 6.07) is 3.99. The van der Waals surface area contributed by atoms with E-state index in [-0.39, 0.29) is 18.0 Å². The topological polar surface area (TPSA) is 78.8 Å². The highest BCUT2D eigenvalue weighted by molar-refractivity contribution is 14.1. The van der Waals surface area contributed by atoms with Gasteiger partial charge in [-0.2, -0.15) is 0 Å². The molecule has 5 nitrogen and oxygen atoms in total. The van der Waals surface area contributed by atoms with E-state index in [0.717, 1.165) is 17.7 Å². The van der Waals surface area contributed by atoms with E-state index in [1.54, 1.807) is 6.07 Å². The summed E-state index contributed by atoms with van der Waals surface area (Å²) < 4.78 is 4.43. The van der Waals surface area contributed by atoms with Crippen LogP contribution >= 0.6 is 22.6 Å². The van der Waals surface area contributed by atoms with Crippen molar-refractivity contribution in [2.24, 2.45) is 0 Å². The maximum absolute atomic E-state index is 12.4. The van der Waals surface area contributed by atoms with E-state index in [1.165, 1.54) is 20.0 Å². The summed E-state index contributed by atoms with van der Waals surface area (Å²) in [6.45, 7) is 2.67. The van der Waals surface area contributed by atoms with Gasteiger partial charge in [0.1, 0.15) is 9.39 Å². The first-order valence-electron chi connectivity index (χ1n) is 8.84. The minimum atomic E-state index is -1.07. The fourth-order valence-electron chi connectivity index (χ4n) is 4.04. The maximum Gasteiger partial charge on any atom is 0.164 e. The Kier molecular flexibility index (Phi) is 5.33. The summed E-state index contributed by atoms with van der Waals surface area (Å²) >= 11 is 2.09. The molecule has 2 aliphatic carbocycles. The zero-order valence-electron chi connectivity index (χ0n) is 14.8. The first-order chi connectivity index (χ1) is 11.8. The van der Waals surface area contributed by atoms with Gasteiger partial charge in [0, 0.05) is 29.9 Å². The summed E-state index contributed by atoms with van der Waals surface area (Å²) in [5, 5.41) is 25.1. The fraction of sp³-hybridized carbons (Fsp3) is 0.632. The van der Waals surface area contributed by atoms with Crippen LogP contribution in [0.4, 0.5) is 0 Å². The van der Waals surface area contributed by atoms with Gasteiger partial charge in [-0.3, -0.25) is 4.79 Å². The Bertz CT molecular complexity index is 672. The number of hydrogen-bond donors (Lipinski definition) is 3. The molecule has 3 rings (SSSR count). The number of nitrogens with one attached hydrogen (secondary N) is 1. The molecular formula is C19H26INO4. The number of rotatable bonds is 6. The summed E-state index contributed by atoms with van der Waals surface area (Å²) in [4.78, 5) is 12.4. The second-order valence-electron chi connectivity index (χ2n) is 7.35. The Morgan fingerprint density at radius 2 is 2.12 bits per heavy atom. The lowest BCUT2D eigenvalue weighted by Crippen LogP contribution is -2.53. The molecule has 1 aromatic rings. The van der Waals surface area contributed by atoms with Gasteiger partial charge in [-0.15, -0.1) is 0 Å². The number of hydrogen-bond acceptors (Lipinski definition) is 5. The third-order valence-electron chi connectivity index (χ3n) is 5.56. The van der Waals surface area contributed by atoms with E-state index in [1.807, 2.05) is 13.0 Å². The number of carbonyl (C=O) groups excluding carboxylic acids is 1. The van der Waals surface area contributed by atoms with Gasteiger partial charge in [0.15, 0.2) is 11.5 Å². The van der Waals surface area contributed by atoms with Crippen molar-refractivity contribution in [2.75, 3.05) is 13.7 Å². The Morgan fingerprint density at radius 1 is 1.40 bits per heavy atom. The van der Waals surface area contributed by atoms with Crippen molar-refractivity contribution < 1.29 is 19.7 Å². The number of aryl methyl sites for hydroxylation is 1. The second kappa shape index (κ2) is 7.04. The Morgan fingerprint density at radius 3 is 2.76 bits per heavy atom. The Hall–Kier alpha value is -0.860. The summed E-state index contributed by atoms with van der Waals surface area (Å²) in [7, 11) is 1.52. The number of aromatic hydroxyl groups is 1. The normalized spacial score (nSPS) is 29.7. The minimum absolute atomic E-state index is 0.0443. The molecule has 0 radical (unpaired) electrons. The Labute approximate surface area is 162 Å². The van der Waals surface area contributed by atoms with Crippen LogP contribution in [0.1, 0.15) is 49.7 Å². The number of phenols is 1. The highest BCUT2D eigenvalue weighted by atomic mass is 127. The molecule has 2 atom stereocenters. The maximum atomic E-state index is 12.4. The van der Waals surface area contributed by atoms with Crippen LogP contribution in [0.3, 0.4) is 0 Å². The van der Waals surface area contributed by atoms with E-state index < -0.39 is 9.02 Å². The quantitative estimate of drug-likeness (QED) is 0.451. The number of alkyl halides is 1. The molecule has 0 aliphatic heterocycles. The van der Waals surface area contributed by atoms with Gasteiger partial charge in [0.2, 0.25) is 0 Å². The van der Waals surface area contributed by atoms with Gasteiger partial charge in [-0.05, 0) is 73.4 Å². The van der Waals surface area contributed by atoms with Gasteiger partial charge in [-0.1, -0.05) is 6.07 Å². The van der Waals surface area contributed by atoms with Crippen molar-refractivity contribution in [2.45, 2.75) is 60.5 Å². The standard InChI is InChI=1S/C19H26INO4/c1-12-3-6-15(23)17(25-2)16(12)18(9-10-21-13-4-5-13)11-14(22)7-8-19(18,20)24/h3,6,13,21,23-24H,4-5,7-11H2,1-2H3/t18-,19?/m1/s1. The summed E-state index contributed by atoms with van der Waals surface area (Å²) in [5.41, 5.74) is 0.905. The van der Waals surface area contributed by atoms with Crippen LogP contribution in [-0.2, 0) is 10.2 Å². The first kappa shape index (κ1) is 18.9. The van der Waals surface area contributed by atoms with Crippen LogP contribution in [0.25, 0.3) is 0 Å². The van der Waals surface area contributed by atoms with Gasteiger partial charge >= 0.3 is 0 Å². The van der Waals surface area contributed by atoms with Crippen LogP contribution < -0.4 is 10.1 Å². The van der Waals surface area contributed by atoms with E-state index in [9.17, 15) is 15.0 Å². The van der Waals surface area contributed by atoms with Crippen molar-refractivity contribution in [1.82, 2.24) is 5.32 Å². The molecule has 0 bridgehead atoms. The number of halogens is 1. The van der Waals surface area contributed by atoms with Gasteiger partial charge < -0.3 is 20.3 Å². The smallest absolute Gasteiger partial charge is 0.164 e. The molecule has 3 N–H and O–H groups in total. The molecule has 6 heteroatoms. The summed E-state index contributed by atoms with van der Waals surface area (Å²) in [5.74, 6) is 0.566. The molecule has 0 amide bonds. The zero-order chi connectivity index (χ0) is 18.2. The number of benzene rings is 1. The predicted molar refractivity (Wildman–Crippen MR) is 105 cm³/mol. The highest BCUT2D eigenvalue weighted by Crippen LogP contribution is 2.55. The van der Waals surface area contributed by atoms with Crippen molar-refractivity contribution >= 4 is 28.4 Å². The van der Waals surface area contributed by atoms with E-state index in [2.05, 4.69) is 27.9 Å². The number of Topliss-reactive ketones (excluding diaryl/α,β-unsaturated/α-hetero) is 1. The fourth-order valence-corrected chi connectivity index (χ4v) is 5.04. The first-order valence-corrected chi connectivity index (χ1v) is 9.92. The monoisotopic (exact) mass is 459 g/mol. The van der Waals surface area contributed by atoms with Crippen molar-refractivity contribution in [3.8, 4) is 11.5 Å². The number of methoxy groups -OCH3 is 1. The lowest BCUT2D eigenvalue weighted by Gasteiger charge is -2.48. The molecule has 0 saturated heterocycles. The number of ketones is 1. The molecule has 138 valence electrons. The number of phenolic OH excluding ortho intramolecular Hbond substituents is 1. The van der Waals surface area contributed by atoms with Crippen molar-refractivity contribution in [3.63, 3.8) is 0 Å². The highest BCUT2D eigenvalue weighted by Gasteiger charge is 2.55. The average Bonchev–Trinajstić information content (AvgIpc) is 3.37. The zero-order valence-corrected chi connectivity index (χ0v) is 16.9. The van der Waals surface area contributed by atoms with E-state index >= 15 is 0 Å². The van der Waals surface area contributed by atoms with Crippen molar-refractivity contribution in [3.05, 3.63) is 23.3 Å². The van der Waals surface area contributed by atoms with Gasteiger partial charge in [-0.25, -0.2) is 0 Å². The SMILES string of the molecule is COc1c(O)ccc(C)c1[C@@]1(CCNC2CC2)CC(=O)CCC1(O)I. The predicted octanol–water partition coefficient (Wildman–Crippen LogP) is 2.97. The number of ether oxygens (including phenoxy) is 1. The minimum Gasteiger partial charge on any atom is -0.504 e. The van der Waals surface area contributed by atoms with Crippen LogP contribution in [0, 0.1) is 6.92 Å². The summed E-state index contributed by atoms with van der Waals surface area (Å²) in [6.07, 6.45) is 4.06. The average molecular weight is 459 g/mol. The second-order valence-corrected chi connectivity index (χ2v) is 9.13. The molecule has 2 saturated carbocycles. The van der Waals surface area contributed by atoms with E-state index in [0.29, 0.717) is 31.1 Å². The largest absolute Gasteiger partial charge is 0.504 e. The van der Waals surface area contributed by atoms with Crippen LogP contribution in [0.15, 0.2) is 12.1 Å². The van der Waals surface area contributed by atoms with Crippen molar-refractivity contribution in [1.29, 1.82) is 0 Å². The molecule has 25 heavy (non-hydrogen) atoms. The van der Waals surface area contributed by atoms with Crippen LogP contribution in [-0.4, -0.2) is 39.3 Å². The third kappa shape index (κ3) is 3.53. The molecule has 1 aromatic carbocycles. The van der Waals surface area contributed by atoms with Crippen LogP contribution in [0.5, 0.6) is 11.5 Å². The number of carbonyl (C=O) groups is 1. The lowest BCUT2D eigenvalue weighted by atomic mass is 9.63. The molecule has 0 aromatic heterocycles. The molecule has 2 aliphatic rings. The van der Waals surface area contributed by atoms with Gasteiger partial charge in [0.05, 0.1) is 7.11 Å². The molecule has 0 heterocycles. The molecule has 1 unspecified atom stereocenters. The van der Waals surface area contributed by atoms with Gasteiger partial charge in [0.25, 0.3) is 0 Å².